The van der Waals surface area contributed by atoms with Crippen LogP contribution in [-0.4, -0.2) is 16.7 Å². The molecule has 0 bridgehead atoms. The molecule has 0 amide bonds. The fourth-order valence-corrected chi connectivity index (χ4v) is 3.13. The van der Waals surface area contributed by atoms with Crippen LogP contribution in [0, 0.1) is 0 Å². The van der Waals surface area contributed by atoms with Crippen LogP contribution in [-0.2, 0) is 12.8 Å². The van der Waals surface area contributed by atoms with Crippen LogP contribution in [0.2, 0.25) is 0 Å². The first kappa shape index (κ1) is 8.53. The van der Waals surface area contributed by atoms with Crippen molar-refractivity contribution in [3.05, 3.63) is 11.3 Å². The van der Waals surface area contributed by atoms with Crippen LogP contribution < -0.4 is 5.73 Å². The SMILES string of the molecule is CSc1snc2c1CC(N)CC2. The van der Waals surface area contributed by atoms with Crippen LogP contribution in [0.5, 0.6) is 0 Å². The molecule has 66 valence electrons. The number of hydrogen-bond donors (Lipinski definition) is 1. The van der Waals surface area contributed by atoms with Gasteiger partial charge in [-0.1, -0.05) is 0 Å². The highest BCUT2D eigenvalue weighted by atomic mass is 32.2. The summed E-state index contributed by atoms with van der Waals surface area (Å²) < 4.78 is 5.79. The lowest BCUT2D eigenvalue weighted by Gasteiger charge is -2.17. The first-order chi connectivity index (χ1) is 5.81. The minimum Gasteiger partial charge on any atom is -0.327 e. The van der Waals surface area contributed by atoms with E-state index < -0.39 is 0 Å². The Bertz CT molecular complexity index is 269. The summed E-state index contributed by atoms with van der Waals surface area (Å²) in [7, 11) is 0. The molecule has 1 aromatic heterocycles. The van der Waals surface area contributed by atoms with Gasteiger partial charge in [0.15, 0.2) is 0 Å². The molecule has 2 nitrogen and oxygen atoms in total. The summed E-state index contributed by atoms with van der Waals surface area (Å²) in [5.41, 5.74) is 8.62. The Kier molecular flexibility index (Phi) is 2.39. The Morgan fingerprint density at radius 2 is 2.50 bits per heavy atom. The Balaban J connectivity index is 2.34. The Labute approximate surface area is 80.7 Å². The van der Waals surface area contributed by atoms with E-state index in [4.69, 9.17) is 5.73 Å². The van der Waals surface area contributed by atoms with E-state index in [9.17, 15) is 0 Å². The molecule has 0 spiro atoms. The van der Waals surface area contributed by atoms with Gasteiger partial charge in [0.1, 0.15) is 0 Å². The standard InChI is InChI=1S/C8H12N2S2/c1-11-8-6-4-5(9)2-3-7(6)10-12-8/h5H,2-4,9H2,1H3. The van der Waals surface area contributed by atoms with Crippen molar-refractivity contribution in [3.63, 3.8) is 0 Å². The van der Waals surface area contributed by atoms with E-state index in [1.54, 1.807) is 23.3 Å². The molecule has 1 aliphatic rings. The van der Waals surface area contributed by atoms with E-state index in [0.717, 1.165) is 19.3 Å². The zero-order valence-corrected chi connectivity index (χ0v) is 8.67. The largest absolute Gasteiger partial charge is 0.327 e. The number of nitrogens with zero attached hydrogens (tertiary/aromatic N) is 1. The van der Waals surface area contributed by atoms with Gasteiger partial charge in [0.2, 0.25) is 0 Å². The molecule has 4 heteroatoms. The van der Waals surface area contributed by atoms with Crippen LogP contribution in [0.15, 0.2) is 4.21 Å². The molecule has 1 atom stereocenters. The number of nitrogens with two attached hydrogens (primary N) is 1. The van der Waals surface area contributed by atoms with E-state index in [0.29, 0.717) is 6.04 Å². The molecule has 0 fully saturated rings. The molecule has 2 rings (SSSR count). The second kappa shape index (κ2) is 3.36. The van der Waals surface area contributed by atoms with E-state index >= 15 is 0 Å². The first-order valence-electron chi connectivity index (χ1n) is 4.08. The van der Waals surface area contributed by atoms with Crippen molar-refractivity contribution in [1.82, 2.24) is 4.37 Å². The van der Waals surface area contributed by atoms with Gasteiger partial charge in [-0.25, -0.2) is 0 Å². The van der Waals surface area contributed by atoms with Crippen molar-refractivity contribution in [3.8, 4) is 0 Å². The van der Waals surface area contributed by atoms with Crippen molar-refractivity contribution in [2.24, 2.45) is 5.73 Å². The minimum absolute atomic E-state index is 0.361. The number of aryl methyl sites for hydroxylation is 1. The van der Waals surface area contributed by atoms with Crippen LogP contribution >= 0.6 is 23.3 Å². The molecule has 1 heterocycles. The predicted molar refractivity (Wildman–Crippen MR) is 53.9 cm³/mol. The maximum Gasteiger partial charge on any atom is 0.0839 e. The second-order valence-electron chi connectivity index (χ2n) is 3.10. The van der Waals surface area contributed by atoms with Gasteiger partial charge in [0.05, 0.1) is 9.90 Å². The summed E-state index contributed by atoms with van der Waals surface area (Å²) in [6, 6.07) is 0.361. The highest BCUT2D eigenvalue weighted by molar-refractivity contribution is 8.00. The van der Waals surface area contributed by atoms with E-state index in [2.05, 4.69) is 10.6 Å². The molecule has 0 aromatic carbocycles. The van der Waals surface area contributed by atoms with Crippen LogP contribution in [0.4, 0.5) is 0 Å². The maximum atomic E-state index is 5.90. The minimum atomic E-state index is 0.361. The summed E-state index contributed by atoms with van der Waals surface area (Å²) in [5.74, 6) is 0. The Morgan fingerprint density at radius 1 is 1.67 bits per heavy atom. The summed E-state index contributed by atoms with van der Waals surface area (Å²) in [6.07, 6.45) is 5.31. The number of hydrogen-bond acceptors (Lipinski definition) is 4. The van der Waals surface area contributed by atoms with Gasteiger partial charge in [-0.3, -0.25) is 0 Å². The summed E-state index contributed by atoms with van der Waals surface area (Å²) in [5, 5.41) is 0. The van der Waals surface area contributed by atoms with Gasteiger partial charge >= 0.3 is 0 Å². The third kappa shape index (κ3) is 1.39. The number of fused-ring (bicyclic) bond motifs is 1. The second-order valence-corrected chi connectivity index (χ2v) is 4.95. The molecule has 0 saturated carbocycles. The average molecular weight is 200 g/mol. The van der Waals surface area contributed by atoms with Gasteiger partial charge in [0, 0.05) is 11.6 Å². The van der Waals surface area contributed by atoms with Gasteiger partial charge in [0.25, 0.3) is 0 Å². The highest BCUT2D eigenvalue weighted by Gasteiger charge is 2.20. The predicted octanol–water partition coefficient (Wildman–Crippen LogP) is 1.68. The number of aromatic nitrogens is 1. The molecule has 12 heavy (non-hydrogen) atoms. The molecule has 0 radical (unpaired) electrons. The van der Waals surface area contributed by atoms with E-state index in [-0.39, 0.29) is 0 Å². The lowest BCUT2D eigenvalue weighted by molar-refractivity contribution is 0.568. The van der Waals surface area contributed by atoms with Gasteiger partial charge in [-0.15, -0.1) is 11.8 Å². The fraction of sp³-hybridized carbons (Fsp3) is 0.625. The molecule has 1 unspecified atom stereocenters. The van der Waals surface area contributed by atoms with Crippen molar-refractivity contribution >= 4 is 23.3 Å². The Hall–Kier alpha value is -0.0600. The lowest BCUT2D eigenvalue weighted by Crippen LogP contribution is -2.27. The lowest BCUT2D eigenvalue weighted by atomic mass is 9.94. The highest BCUT2D eigenvalue weighted by Crippen LogP contribution is 2.32. The van der Waals surface area contributed by atoms with E-state index in [1.807, 2.05) is 0 Å². The Morgan fingerprint density at radius 3 is 3.25 bits per heavy atom. The van der Waals surface area contributed by atoms with Gasteiger partial charge in [-0.2, -0.15) is 4.37 Å². The summed E-state index contributed by atoms with van der Waals surface area (Å²) >= 11 is 3.42. The molecular weight excluding hydrogens is 188 g/mol. The van der Waals surface area contributed by atoms with Crippen molar-refractivity contribution in [2.75, 3.05) is 6.26 Å². The maximum absolute atomic E-state index is 5.90. The third-order valence-corrected chi connectivity index (χ3v) is 4.30. The van der Waals surface area contributed by atoms with Crippen molar-refractivity contribution in [1.29, 1.82) is 0 Å². The van der Waals surface area contributed by atoms with Crippen LogP contribution in [0.3, 0.4) is 0 Å². The molecule has 1 aromatic rings. The van der Waals surface area contributed by atoms with Crippen molar-refractivity contribution < 1.29 is 0 Å². The monoisotopic (exact) mass is 200 g/mol. The first-order valence-corrected chi connectivity index (χ1v) is 6.08. The summed E-state index contributed by atoms with van der Waals surface area (Å²) in [6.45, 7) is 0. The number of rotatable bonds is 1. The smallest absolute Gasteiger partial charge is 0.0839 e. The van der Waals surface area contributed by atoms with Gasteiger partial charge < -0.3 is 5.73 Å². The molecule has 0 saturated heterocycles. The average Bonchev–Trinajstić information content (AvgIpc) is 2.46. The molecule has 1 aliphatic carbocycles. The van der Waals surface area contributed by atoms with Crippen molar-refractivity contribution in [2.45, 2.75) is 29.5 Å². The molecule has 2 N–H and O–H groups in total. The number of thioether (sulfide) groups is 1. The third-order valence-electron chi connectivity index (χ3n) is 2.24. The van der Waals surface area contributed by atoms with Crippen LogP contribution in [0.25, 0.3) is 0 Å². The van der Waals surface area contributed by atoms with Crippen LogP contribution in [0.1, 0.15) is 17.7 Å². The molecule has 0 aliphatic heterocycles. The van der Waals surface area contributed by atoms with E-state index in [1.165, 1.54) is 15.5 Å². The fourth-order valence-electron chi connectivity index (χ4n) is 1.57. The molecular formula is C8H12N2S2. The summed E-state index contributed by atoms with van der Waals surface area (Å²) in [4.78, 5) is 0. The zero-order chi connectivity index (χ0) is 8.55. The van der Waals surface area contributed by atoms with Gasteiger partial charge in [-0.05, 0) is 37.1 Å². The topological polar surface area (TPSA) is 38.9 Å². The zero-order valence-electron chi connectivity index (χ0n) is 7.04. The normalized spacial score (nSPS) is 22.3. The quantitative estimate of drug-likeness (QED) is 0.701.